The highest BCUT2D eigenvalue weighted by Gasteiger charge is 2.41. The van der Waals surface area contributed by atoms with Crippen LogP contribution in [0.15, 0.2) is 18.2 Å². The maximum absolute atomic E-state index is 5.90. The van der Waals surface area contributed by atoms with Crippen molar-refractivity contribution >= 4 is 5.69 Å². The summed E-state index contributed by atoms with van der Waals surface area (Å²) in [6, 6.07) is 5.56. The molecule has 0 radical (unpaired) electrons. The second kappa shape index (κ2) is 4.77. The molecule has 0 atom stereocenters. The quantitative estimate of drug-likeness (QED) is 0.844. The van der Waals surface area contributed by atoms with Gasteiger partial charge in [-0.2, -0.15) is 0 Å². The second-order valence-electron chi connectivity index (χ2n) is 5.51. The Balaban J connectivity index is 1.95. The number of aromatic nitrogens is 4. The van der Waals surface area contributed by atoms with E-state index in [1.807, 2.05) is 16.8 Å². The first-order chi connectivity index (χ1) is 9.65. The van der Waals surface area contributed by atoms with Crippen molar-refractivity contribution in [3.8, 4) is 17.1 Å². The molecule has 0 aliphatic heterocycles. The van der Waals surface area contributed by atoms with Crippen LogP contribution in [-0.2, 0) is 6.54 Å². The van der Waals surface area contributed by atoms with Crippen LogP contribution in [0.2, 0.25) is 0 Å². The summed E-state index contributed by atoms with van der Waals surface area (Å²) in [6.07, 6.45) is 3.67. The van der Waals surface area contributed by atoms with Crippen molar-refractivity contribution in [1.29, 1.82) is 0 Å². The minimum Gasteiger partial charge on any atom is -0.497 e. The van der Waals surface area contributed by atoms with Gasteiger partial charge in [-0.3, -0.25) is 0 Å². The lowest BCUT2D eigenvalue weighted by Crippen LogP contribution is -2.13. The molecule has 0 amide bonds. The van der Waals surface area contributed by atoms with E-state index in [-0.39, 0.29) is 0 Å². The van der Waals surface area contributed by atoms with Crippen LogP contribution < -0.4 is 10.5 Å². The van der Waals surface area contributed by atoms with E-state index in [0.717, 1.165) is 24.4 Å². The van der Waals surface area contributed by atoms with Gasteiger partial charge in [0, 0.05) is 17.3 Å². The van der Waals surface area contributed by atoms with E-state index < -0.39 is 0 Å². The number of ether oxygens (including phenoxy) is 1. The summed E-state index contributed by atoms with van der Waals surface area (Å²) in [6.45, 7) is 3.09. The van der Waals surface area contributed by atoms with Crippen molar-refractivity contribution in [3.63, 3.8) is 0 Å². The molecule has 1 aliphatic carbocycles. The number of hydrogen-bond donors (Lipinski definition) is 1. The van der Waals surface area contributed by atoms with E-state index in [4.69, 9.17) is 10.5 Å². The fourth-order valence-corrected chi connectivity index (χ4v) is 2.50. The van der Waals surface area contributed by atoms with Crippen molar-refractivity contribution in [2.75, 3.05) is 12.8 Å². The highest BCUT2D eigenvalue weighted by Crippen LogP contribution is 2.50. The SMILES string of the molecule is CCC1(Cn2nnnc2-c2cc(N)cc(OC)c2)CC1. The van der Waals surface area contributed by atoms with Crippen molar-refractivity contribution in [3.05, 3.63) is 18.2 Å². The average molecular weight is 273 g/mol. The lowest BCUT2D eigenvalue weighted by Gasteiger charge is -2.13. The highest BCUT2D eigenvalue weighted by molar-refractivity contribution is 5.64. The number of tetrazole rings is 1. The monoisotopic (exact) mass is 273 g/mol. The molecule has 0 bridgehead atoms. The van der Waals surface area contributed by atoms with Gasteiger partial charge in [0.05, 0.1) is 13.7 Å². The Morgan fingerprint density at radius 1 is 1.35 bits per heavy atom. The maximum Gasteiger partial charge on any atom is 0.182 e. The van der Waals surface area contributed by atoms with Crippen molar-refractivity contribution < 1.29 is 4.74 Å². The lowest BCUT2D eigenvalue weighted by molar-refractivity contribution is 0.382. The molecular weight excluding hydrogens is 254 g/mol. The number of nitrogens with two attached hydrogens (primary N) is 1. The molecule has 0 unspecified atom stereocenters. The Morgan fingerprint density at radius 3 is 2.80 bits per heavy atom. The van der Waals surface area contributed by atoms with Crippen LogP contribution in [0.4, 0.5) is 5.69 Å². The fraction of sp³-hybridized carbons (Fsp3) is 0.500. The zero-order chi connectivity index (χ0) is 14.2. The van der Waals surface area contributed by atoms with E-state index >= 15 is 0 Å². The van der Waals surface area contributed by atoms with Crippen molar-refractivity contribution in [1.82, 2.24) is 20.2 Å². The maximum atomic E-state index is 5.90. The molecule has 0 saturated heterocycles. The lowest BCUT2D eigenvalue weighted by atomic mass is 10.0. The van der Waals surface area contributed by atoms with Crippen molar-refractivity contribution in [2.24, 2.45) is 5.41 Å². The van der Waals surface area contributed by atoms with Gasteiger partial charge in [-0.05, 0) is 47.2 Å². The standard InChI is InChI=1S/C14H19N5O/c1-3-14(4-5-14)9-19-13(16-17-18-19)10-6-11(15)8-12(7-10)20-2/h6-8H,3-5,9,15H2,1-2H3. The Hall–Kier alpha value is -2.11. The molecule has 20 heavy (non-hydrogen) atoms. The zero-order valence-electron chi connectivity index (χ0n) is 11.8. The Bertz CT molecular complexity index is 618. The van der Waals surface area contributed by atoms with E-state index in [2.05, 4.69) is 22.4 Å². The third kappa shape index (κ3) is 2.33. The first-order valence-electron chi connectivity index (χ1n) is 6.87. The van der Waals surface area contributed by atoms with Crippen LogP contribution in [0.25, 0.3) is 11.4 Å². The molecule has 1 fully saturated rings. The van der Waals surface area contributed by atoms with Gasteiger partial charge < -0.3 is 10.5 Å². The smallest absolute Gasteiger partial charge is 0.182 e. The number of rotatable bonds is 5. The summed E-state index contributed by atoms with van der Waals surface area (Å²) < 4.78 is 7.13. The van der Waals surface area contributed by atoms with Crippen molar-refractivity contribution in [2.45, 2.75) is 32.7 Å². The van der Waals surface area contributed by atoms with Gasteiger partial charge in [0.1, 0.15) is 5.75 Å². The Morgan fingerprint density at radius 2 is 2.15 bits per heavy atom. The van der Waals surface area contributed by atoms with Gasteiger partial charge in [-0.25, -0.2) is 4.68 Å². The van der Waals surface area contributed by atoms with Gasteiger partial charge in [0.25, 0.3) is 0 Å². The first-order valence-corrected chi connectivity index (χ1v) is 6.87. The van der Waals surface area contributed by atoms with Gasteiger partial charge in [0.2, 0.25) is 0 Å². The molecule has 6 nitrogen and oxygen atoms in total. The summed E-state index contributed by atoms with van der Waals surface area (Å²) in [5.74, 6) is 1.46. The van der Waals surface area contributed by atoms with Crippen LogP contribution in [0.3, 0.4) is 0 Å². The van der Waals surface area contributed by atoms with E-state index in [1.54, 1.807) is 13.2 Å². The molecule has 6 heteroatoms. The number of benzene rings is 1. The molecular formula is C14H19N5O. The third-order valence-corrected chi connectivity index (χ3v) is 4.15. The zero-order valence-corrected chi connectivity index (χ0v) is 11.8. The molecule has 3 rings (SSSR count). The first kappa shape index (κ1) is 12.9. The molecule has 1 aliphatic rings. The normalized spacial score (nSPS) is 16.1. The minimum absolute atomic E-state index is 0.383. The van der Waals surface area contributed by atoms with Crippen LogP contribution >= 0.6 is 0 Å². The molecule has 1 heterocycles. The summed E-state index contributed by atoms with van der Waals surface area (Å²) >= 11 is 0. The third-order valence-electron chi connectivity index (χ3n) is 4.15. The van der Waals surface area contributed by atoms with E-state index in [0.29, 0.717) is 16.9 Å². The molecule has 2 aromatic rings. The fourth-order valence-electron chi connectivity index (χ4n) is 2.50. The van der Waals surface area contributed by atoms with Gasteiger partial charge in [-0.1, -0.05) is 6.92 Å². The topological polar surface area (TPSA) is 78.9 Å². The van der Waals surface area contributed by atoms with Gasteiger partial charge in [0.15, 0.2) is 5.82 Å². The molecule has 2 N–H and O–H groups in total. The summed E-state index contributed by atoms with van der Waals surface area (Å²) in [5.41, 5.74) is 7.81. The number of nitrogens with zero attached hydrogens (tertiary/aromatic N) is 4. The molecule has 1 aromatic carbocycles. The van der Waals surface area contributed by atoms with E-state index in [1.165, 1.54) is 12.8 Å². The van der Waals surface area contributed by atoms with Crippen LogP contribution in [0.5, 0.6) is 5.75 Å². The highest BCUT2D eigenvalue weighted by atomic mass is 16.5. The number of methoxy groups -OCH3 is 1. The van der Waals surface area contributed by atoms with Crippen LogP contribution in [0.1, 0.15) is 26.2 Å². The van der Waals surface area contributed by atoms with Crippen LogP contribution in [-0.4, -0.2) is 27.3 Å². The molecule has 106 valence electrons. The largest absolute Gasteiger partial charge is 0.497 e. The Labute approximate surface area is 117 Å². The number of anilines is 1. The summed E-state index contributed by atoms with van der Waals surface area (Å²) in [4.78, 5) is 0. The average Bonchev–Trinajstić information content (AvgIpc) is 3.07. The number of hydrogen-bond acceptors (Lipinski definition) is 5. The predicted octanol–water partition coefficient (Wildman–Crippen LogP) is 2.12. The number of nitrogen functional groups attached to an aromatic ring is 1. The predicted molar refractivity (Wildman–Crippen MR) is 76.2 cm³/mol. The summed E-state index contributed by atoms with van der Waals surface area (Å²) in [5, 5.41) is 12.1. The van der Waals surface area contributed by atoms with Gasteiger partial charge >= 0.3 is 0 Å². The minimum atomic E-state index is 0.383. The Kier molecular flexibility index (Phi) is 3.08. The molecule has 1 aromatic heterocycles. The summed E-state index contributed by atoms with van der Waals surface area (Å²) in [7, 11) is 1.62. The van der Waals surface area contributed by atoms with Crippen LogP contribution in [0, 0.1) is 5.41 Å². The second-order valence-corrected chi connectivity index (χ2v) is 5.51. The molecule has 1 saturated carbocycles. The molecule has 0 spiro atoms. The van der Waals surface area contributed by atoms with Gasteiger partial charge in [-0.15, -0.1) is 5.10 Å². The van der Waals surface area contributed by atoms with E-state index in [9.17, 15) is 0 Å².